The summed E-state index contributed by atoms with van der Waals surface area (Å²) in [6, 6.07) is 14.1. The van der Waals surface area contributed by atoms with Gasteiger partial charge >= 0.3 is 0 Å². The van der Waals surface area contributed by atoms with E-state index in [9.17, 15) is 25.4 Å². The molecule has 0 bridgehead atoms. The number of hydrogen-bond acceptors (Lipinski definition) is 10. The lowest BCUT2D eigenvalue weighted by molar-refractivity contribution is -0.292. The van der Waals surface area contributed by atoms with E-state index in [2.05, 4.69) is 52.6 Å². The Kier molecular flexibility index (Phi) is 10.6. The fraction of sp³-hybridized carbons (Fsp3) is 0.467. The van der Waals surface area contributed by atoms with Gasteiger partial charge in [-0.15, -0.1) is 5.10 Å². The number of rotatable bonds is 12. The minimum atomic E-state index is -1.45. The minimum absolute atomic E-state index is 0.0144. The van der Waals surface area contributed by atoms with Gasteiger partial charge in [0.25, 0.3) is 5.91 Å². The highest BCUT2D eigenvalue weighted by molar-refractivity contribution is 6.02. The minimum Gasteiger partial charge on any atom is -0.388 e. The van der Waals surface area contributed by atoms with Crippen LogP contribution in [0.1, 0.15) is 37.9 Å². The molecule has 5 atom stereocenters. The molecule has 12 nitrogen and oxygen atoms in total. The standard InChI is InChI=1S/C30H38N6O6/c1-4-10-35(11-5-2)24-9-8-20-12-19(6-7-21(20)14-24)13-22(15-31)29(40)32-16-23-17-36(34-33-23)18-25-26(37)27(38)28(39)30(41-3)42-25/h6-9,12-14,17,25-28,30,37-39H,4-5,10-11,16,18H2,1-3H3,(H,32,40)/b22-13+/t25-,26-,27+,28-,30+/m1/s1. The van der Waals surface area contributed by atoms with Crippen molar-refractivity contribution in [3.63, 3.8) is 0 Å². The normalized spacial score (nSPS) is 22.6. The van der Waals surface area contributed by atoms with Crippen LogP contribution in [0.2, 0.25) is 0 Å². The Hall–Kier alpha value is -3.86. The van der Waals surface area contributed by atoms with Crippen molar-refractivity contribution < 1.29 is 29.6 Å². The number of hydrogen-bond donors (Lipinski definition) is 4. The summed E-state index contributed by atoms with van der Waals surface area (Å²) in [5.74, 6) is -0.552. The lowest BCUT2D eigenvalue weighted by Gasteiger charge is -2.39. The number of benzene rings is 2. The van der Waals surface area contributed by atoms with E-state index in [1.165, 1.54) is 17.5 Å². The van der Waals surface area contributed by atoms with Crippen LogP contribution >= 0.6 is 0 Å². The second-order valence-electron chi connectivity index (χ2n) is 10.3. The highest BCUT2D eigenvalue weighted by atomic mass is 16.7. The van der Waals surface area contributed by atoms with Crippen LogP contribution in [0.4, 0.5) is 5.69 Å². The smallest absolute Gasteiger partial charge is 0.262 e. The number of aliphatic hydroxyl groups is 3. The maximum absolute atomic E-state index is 12.8. The summed E-state index contributed by atoms with van der Waals surface area (Å²) in [5, 5.41) is 52.7. The third-order valence-corrected chi connectivity index (χ3v) is 7.16. The largest absolute Gasteiger partial charge is 0.388 e. The number of methoxy groups -OCH3 is 1. The predicted octanol–water partition coefficient (Wildman–Crippen LogP) is 1.74. The average Bonchev–Trinajstić information content (AvgIpc) is 3.45. The van der Waals surface area contributed by atoms with Gasteiger partial charge in [-0.1, -0.05) is 37.3 Å². The molecule has 4 N–H and O–H groups in total. The molecule has 3 aromatic rings. The highest BCUT2D eigenvalue weighted by Gasteiger charge is 2.44. The van der Waals surface area contributed by atoms with Crippen molar-refractivity contribution in [2.24, 2.45) is 0 Å². The van der Waals surface area contributed by atoms with E-state index in [1.807, 2.05) is 24.3 Å². The van der Waals surface area contributed by atoms with E-state index < -0.39 is 36.6 Å². The zero-order valence-corrected chi connectivity index (χ0v) is 24.1. The molecular formula is C30H38N6O6. The van der Waals surface area contributed by atoms with Crippen LogP contribution in [0.3, 0.4) is 0 Å². The first-order valence-corrected chi connectivity index (χ1v) is 14.1. The molecule has 0 unspecified atom stereocenters. The van der Waals surface area contributed by atoms with Gasteiger partial charge in [-0.2, -0.15) is 5.26 Å². The van der Waals surface area contributed by atoms with Crippen LogP contribution in [-0.4, -0.2) is 87.1 Å². The predicted molar refractivity (Wildman–Crippen MR) is 156 cm³/mol. The molecule has 12 heteroatoms. The van der Waals surface area contributed by atoms with Gasteiger partial charge in [-0.05, 0) is 53.5 Å². The number of aliphatic hydroxyl groups excluding tert-OH is 3. The molecule has 1 saturated heterocycles. The molecule has 0 saturated carbocycles. The Morgan fingerprint density at radius 2 is 1.83 bits per heavy atom. The topological polar surface area (TPSA) is 166 Å². The zero-order chi connectivity index (χ0) is 30.2. The Balaban J connectivity index is 1.38. The summed E-state index contributed by atoms with van der Waals surface area (Å²) >= 11 is 0. The lowest BCUT2D eigenvalue weighted by Crippen LogP contribution is -2.58. The third kappa shape index (κ3) is 7.31. The summed E-state index contributed by atoms with van der Waals surface area (Å²) in [7, 11) is 1.32. The highest BCUT2D eigenvalue weighted by Crippen LogP contribution is 2.25. The molecule has 224 valence electrons. The Morgan fingerprint density at radius 3 is 2.52 bits per heavy atom. The van der Waals surface area contributed by atoms with Crippen molar-refractivity contribution in [2.45, 2.75) is 70.5 Å². The molecule has 1 aliphatic rings. The lowest BCUT2D eigenvalue weighted by atomic mass is 9.99. The van der Waals surface area contributed by atoms with Crippen LogP contribution in [0, 0.1) is 11.3 Å². The van der Waals surface area contributed by atoms with Crippen molar-refractivity contribution >= 4 is 28.4 Å². The summed E-state index contributed by atoms with van der Waals surface area (Å²) in [6.45, 7) is 6.38. The third-order valence-electron chi connectivity index (χ3n) is 7.16. The Morgan fingerprint density at radius 1 is 1.12 bits per heavy atom. The zero-order valence-electron chi connectivity index (χ0n) is 24.1. The van der Waals surface area contributed by atoms with Gasteiger partial charge in [0.15, 0.2) is 6.29 Å². The molecule has 0 radical (unpaired) electrons. The fourth-order valence-electron chi connectivity index (χ4n) is 4.98. The van der Waals surface area contributed by atoms with Gasteiger partial charge in [-0.25, -0.2) is 4.68 Å². The number of carbonyl (C=O) groups excluding carboxylic acids is 1. The van der Waals surface area contributed by atoms with E-state index in [1.54, 1.807) is 12.3 Å². The number of carbonyl (C=O) groups is 1. The van der Waals surface area contributed by atoms with Crippen molar-refractivity contribution in [3.05, 3.63) is 59.4 Å². The quantitative estimate of drug-likeness (QED) is 0.184. The van der Waals surface area contributed by atoms with Crippen molar-refractivity contribution in [3.8, 4) is 6.07 Å². The molecule has 1 aliphatic heterocycles. The molecule has 2 heterocycles. The number of fused-ring (bicyclic) bond motifs is 1. The maximum atomic E-state index is 12.8. The van der Waals surface area contributed by atoms with E-state index >= 15 is 0 Å². The molecule has 4 rings (SSSR count). The number of nitrogens with zero attached hydrogens (tertiary/aromatic N) is 5. The number of nitrogens with one attached hydrogen (secondary N) is 1. The van der Waals surface area contributed by atoms with E-state index in [-0.39, 0.29) is 18.7 Å². The molecule has 0 spiro atoms. The second-order valence-corrected chi connectivity index (χ2v) is 10.3. The van der Waals surface area contributed by atoms with Gasteiger partial charge in [0.2, 0.25) is 0 Å². The number of nitriles is 1. The first-order valence-electron chi connectivity index (χ1n) is 14.1. The summed E-state index contributed by atoms with van der Waals surface area (Å²) < 4.78 is 11.9. The van der Waals surface area contributed by atoms with Gasteiger partial charge in [0, 0.05) is 25.9 Å². The number of amides is 1. The molecule has 2 aromatic carbocycles. The first-order chi connectivity index (χ1) is 20.3. The molecule has 1 fully saturated rings. The van der Waals surface area contributed by atoms with Crippen molar-refractivity contribution in [2.75, 3.05) is 25.1 Å². The molecule has 0 aliphatic carbocycles. The molecule has 1 aromatic heterocycles. The Labute approximate surface area is 244 Å². The average molecular weight is 579 g/mol. The SMILES string of the molecule is CCCN(CCC)c1ccc2cc(/C=C(\C#N)C(=O)NCc3cn(C[C@H]4O[C@H](OC)[C@H](O)[C@@H](O)[C@@H]4O)nn3)ccc2c1. The van der Waals surface area contributed by atoms with E-state index in [0.29, 0.717) is 5.69 Å². The van der Waals surface area contributed by atoms with Crippen molar-refractivity contribution in [1.82, 2.24) is 20.3 Å². The Bertz CT molecular complexity index is 1430. The molecule has 42 heavy (non-hydrogen) atoms. The summed E-state index contributed by atoms with van der Waals surface area (Å²) in [5.41, 5.74) is 2.28. The molecule has 1 amide bonds. The van der Waals surface area contributed by atoms with Gasteiger partial charge in [0.1, 0.15) is 41.8 Å². The van der Waals surface area contributed by atoms with Crippen LogP contribution in [0.15, 0.2) is 48.2 Å². The first kappa shape index (κ1) is 31.1. The van der Waals surface area contributed by atoms with Crippen LogP contribution in [-0.2, 0) is 27.4 Å². The number of ether oxygens (including phenoxy) is 2. The van der Waals surface area contributed by atoms with Gasteiger partial charge in [-0.3, -0.25) is 4.79 Å². The monoisotopic (exact) mass is 578 g/mol. The van der Waals surface area contributed by atoms with Gasteiger partial charge in [0.05, 0.1) is 19.3 Å². The van der Waals surface area contributed by atoms with Crippen LogP contribution < -0.4 is 10.2 Å². The summed E-state index contributed by atoms with van der Waals surface area (Å²) in [6.07, 6.45) is -0.974. The maximum Gasteiger partial charge on any atom is 0.262 e. The van der Waals surface area contributed by atoms with Gasteiger partial charge < -0.3 is 35.0 Å². The second kappa shape index (κ2) is 14.4. The van der Waals surface area contributed by atoms with Crippen LogP contribution in [0.25, 0.3) is 16.8 Å². The van der Waals surface area contributed by atoms with Crippen LogP contribution in [0.5, 0.6) is 0 Å². The fourth-order valence-corrected chi connectivity index (χ4v) is 4.98. The van der Waals surface area contributed by atoms with E-state index in [4.69, 9.17) is 9.47 Å². The number of aromatic nitrogens is 3. The summed E-state index contributed by atoms with van der Waals surface area (Å²) in [4.78, 5) is 15.2. The van der Waals surface area contributed by atoms with Crippen molar-refractivity contribution in [1.29, 1.82) is 5.26 Å². The molecular weight excluding hydrogens is 540 g/mol. The van der Waals surface area contributed by atoms with E-state index in [0.717, 1.165) is 42.3 Å². The number of anilines is 1.